The van der Waals surface area contributed by atoms with Crippen molar-refractivity contribution in [2.24, 2.45) is 52.3 Å². The number of alkyl carbamates (subject to hydrolysis) is 1. The summed E-state index contributed by atoms with van der Waals surface area (Å²) in [6, 6.07) is 0. The van der Waals surface area contributed by atoms with Crippen molar-refractivity contribution in [3.63, 3.8) is 0 Å². The number of carbonyl (C=O) groups excluding carboxylic acids is 1. The molecule has 1 amide bonds. The van der Waals surface area contributed by atoms with E-state index >= 15 is 0 Å². The minimum atomic E-state index is -0.211. The van der Waals surface area contributed by atoms with E-state index in [4.69, 9.17) is 4.74 Å². The van der Waals surface area contributed by atoms with Crippen LogP contribution in [-0.2, 0) is 4.74 Å². The van der Waals surface area contributed by atoms with E-state index in [2.05, 4.69) is 73.7 Å². The van der Waals surface area contributed by atoms with Gasteiger partial charge in [-0.25, -0.2) is 4.79 Å². The Labute approximate surface area is 260 Å². The lowest BCUT2D eigenvalue weighted by atomic mass is 9.47. The Morgan fingerprint density at radius 1 is 0.976 bits per heavy atom. The van der Waals surface area contributed by atoms with Gasteiger partial charge in [0.05, 0.1) is 32.7 Å². The zero-order chi connectivity index (χ0) is 30.7. The molecule has 0 spiro atoms. The molecule has 0 heterocycles. The van der Waals surface area contributed by atoms with Gasteiger partial charge in [0.2, 0.25) is 0 Å². The summed E-state index contributed by atoms with van der Waals surface area (Å²) in [5.74, 6) is 6.03. The first-order chi connectivity index (χ1) is 20.0. The first-order valence-electron chi connectivity index (χ1n) is 18.5. The molecule has 42 heavy (non-hydrogen) atoms. The maximum absolute atomic E-state index is 12.8. The number of quaternary nitrogens is 1. The second kappa shape index (κ2) is 13.9. The summed E-state index contributed by atoms with van der Waals surface area (Å²) in [6.07, 6.45) is 16.7. The van der Waals surface area contributed by atoms with E-state index in [1.54, 1.807) is 5.57 Å². The molecule has 0 aromatic heterocycles. The summed E-state index contributed by atoms with van der Waals surface area (Å²) in [7, 11) is 0. The molecule has 9 atom stereocenters. The maximum atomic E-state index is 12.8. The largest absolute Gasteiger partial charge is 0.446 e. The van der Waals surface area contributed by atoms with E-state index in [-0.39, 0.29) is 12.2 Å². The number of nitrogens with zero attached hydrogens (tertiary/aromatic N) is 1. The summed E-state index contributed by atoms with van der Waals surface area (Å²) < 4.78 is 7.08. The third-order valence-corrected chi connectivity index (χ3v) is 14.4. The standard InChI is InChI=1S/C38H68N2O2/c1-10-29(27(5)6)15-14-28(7)33-18-19-34-32-17-16-30-26-31(20-22-37(30,8)35(32)21-23-38(33,34)9)42-36(41)39-24-25-40(11-2,12-3)13-4/h16,27-29,31-35H,10-15,17-26H2,1-9H3/p+1/t28-,29-,31+,32+,33-,34+,35+,37+,38-/m1/s1. The molecular formula is C38H69N2O2+. The molecule has 0 saturated heterocycles. The van der Waals surface area contributed by atoms with Crippen molar-refractivity contribution >= 4 is 6.09 Å². The maximum Gasteiger partial charge on any atom is 0.407 e. The van der Waals surface area contributed by atoms with Crippen LogP contribution in [0.3, 0.4) is 0 Å². The predicted octanol–water partition coefficient (Wildman–Crippen LogP) is 9.64. The summed E-state index contributed by atoms with van der Waals surface area (Å²) in [5.41, 5.74) is 2.44. The fourth-order valence-electron chi connectivity index (χ4n) is 11.1. The zero-order valence-corrected chi connectivity index (χ0v) is 29.3. The average Bonchev–Trinajstić information content (AvgIpc) is 3.33. The van der Waals surface area contributed by atoms with Gasteiger partial charge in [-0.05, 0) is 124 Å². The number of allylic oxidation sites excluding steroid dienone is 1. The van der Waals surface area contributed by atoms with E-state index in [1.807, 2.05) is 0 Å². The van der Waals surface area contributed by atoms with Gasteiger partial charge in [-0.3, -0.25) is 0 Å². The number of rotatable bonds is 13. The third-order valence-electron chi connectivity index (χ3n) is 14.4. The second-order valence-corrected chi connectivity index (χ2v) is 16.2. The molecule has 0 unspecified atom stereocenters. The molecular weight excluding hydrogens is 516 g/mol. The van der Waals surface area contributed by atoms with Gasteiger partial charge in [0.1, 0.15) is 6.10 Å². The van der Waals surface area contributed by atoms with Gasteiger partial charge in [0.15, 0.2) is 0 Å². The van der Waals surface area contributed by atoms with Crippen molar-refractivity contribution in [2.45, 2.75) is 139 Å². The molecule has 0 radical (unpaired) electrons. The van der Waals surface area contributed by atoms with Crippen LogP contribution in [-0.4, -0.2) is 49.4 Å². The first-order valence-corrected chi connectivity index (χ1v) is 18.5. The lowest BCUT2D eigenvalue weighted by molar-refractivity contribution is -0.922. The molecule has 3 saturated carbocycles. The molecule has 4 aliphatic rings. The number of nitrogens with one attached hydrogen (secondary N) is 1. The van der Waals surface area contributed by atoms with Crippen LogP contribution >= 0.6 is 0 Å². The highest BCUT2D eigenvalue weighted by Crippen LogP contribution is 2.67. The molecule has 242 valence electrons. The fraction of sp³-hybridized carbons (Fsp3) is 0.921. The summed E-state index contributed by atoms with van der Waals surface area (Å²) in [4.78, 5) is 12.8. The van der Waals surface area contributed by atoms with Gasteiger partial charge in [0.25, 0.3) is 0 Å². The summed E-state index contributed by atoms with van der Waals surface area (Å²) >= 11 is 0. The second-order valence-electron chi connectivity index (χ2n) is 16.2. The SMILES string of the molecule is CC[C@H](CC[C@@H](C)[C@H]1CC[C@H]2[C@@H]3CC=C4C[C@@H](OC(=O)NCC[N+](CC)(CC)CC)CC[C@]4(C)[C@H]3CC[C@]12C)C(C)C. The molecule has 0 aromatic rings. The van der Waals surface area contributed by atoms with Gasteiger partial charge < -0.3 is 14.5 Å². The topological polar surface area (TPSA) is 38.3 Å². The Balaban J connectivity index is 1.34. The van der Waals surface area contributed by atoms with Crippen molar-refractivity contribution in [3.05, 3.63) is 11.6 Å². The fourth-order valence-corrected chi connectivity index (χ4v) is 11.1. The van der Waals surface area contributed by atoms with E-state index in [9.17, 15) is 4.79 Å². The van der Waals surface area contributed by atoms with Gasteiger partial charge in [0, 0.05) is 6.42 Å². The average molecular weight is 586 g/mol. The molecule has 4 rings (SSSR count). The number of hydrogen-bond donors (Lipinski definition) is 1. The van der Waals surface area contributed by atoms with Crippen molar-refractivity contribution in [1.29, 1.82) is 0 Å². The summed E-state index contributed by atoms with van der Waals surface area (Å²) in [6.45, 7) is 26.9. The smallest absolute Gasteiger partial charge is 0.407 e. The lowest BCUT2D eigenvalue weighted by Gasteiger charge is -2.58. The molecule has 1 N–H and O–H groups in total. The quantitative estimate of drug-likeness (QED) is 0.173. The minimum Gasteiger partial charge on any atom is -0.446 e. The van der Waals surface area contributed by atoms with Crippen LogP contribution < -0.4 is 5.32 Å². The highest BCUT2D eigenvalue weighted by molar-refractivity contribution is 5.67. The van der Waals surface area contributed by atoms with Crippen LogP contribution in [0.4, 0.5) is 4.79 Å². The third kappa shape index (κ3) is 6.64. The van der Waals surface area contributed by atoms with Crippen molar-refractivity contribution in [2.75, 3.05) is 32.7 Å². The monoisotopic (exact) mass is 586 g/mol. The molecule has 4 aliphatic carbocycles. The number of hydrogen-bond acceptors (Lipinski definition) is 2. The highest BCUT2D eigenvalue weighted by atomic mass is 16.6. The van der Waals surface area contributed by atoms with E-state index in [0.29, 0.717) is 17.4 Å². The van der Waals surface area contributed by atoms with Crippen LogP contribution in [0.5, 0.6) is 0 Å². The van der Waals surface area contributed by atoms with Crippen LogP contribution in [0.15, 0.2) is 11.6 Å². The van der Waals surface area contributed by atoms with Crippen molar-refractivity contribution < 1.29 is 14.0 Å². The highest BCUT2D eigenvalue weighted by Gasteiger charge is 2.59. The molecule has 0 aliphatic heterocycles. The van der Waals surface area contributed by atoms with Crippen LogP contribution in [0.2, 0.25) is 0 Å². The number of carbonyl (C=O) groups is 1. The lowest BCUT2D eigenvalue weighted by Crippen LogP contribution is -2.52. The Hall–Kier alpha value is -1.03. The van der Waals surface area contributed by atoms with Crippen molar-refractivity contribution in [3.8, 4) is 0 Å². The number of fused-ring (bicyclic) bond motifs is 5. The molecule has 4 heteroatoms. The van der Waals surface area contributed by atoms with Gasteiger partial charge in [-0.15, -0.1) is 0 Å². The van der Waals surface area contributed by atoms with Crippen LogP contribution in [0.25, 0.3) is 0 Å². The van der Waals surface area contributed by atoms with Crippen molar-refractivity contribution in [1.82, 2.24) is 5.32 Å². The Bertz CT molecular complexity index is 916. The number of ether oxygens (including phenoxy) is 1. The number of likely N-dealkylation sites (N-methyl/N-ethyl adjacent to an activating group) is 1. The molecule has 4 nitrogen and oxygen atoms in total. The van der Waals surface area contributed by atoms with E-state index in [0.717, 1.165) is 84.9 Å². The Morgan fingerprint density at radius 3 is 2.33 bits per heavy atom. The van der Waals surface area contributed by atoms with Gasteiger partial charge in [-0.1, -0.05) is 66.0 Å². The predicted molar refractivity (Wildman–Crippen MR) is 177 cm³/mol. The molecule has 0 aromatic carbocycles. The Morgan fingerprint density at radius 2 is 1.69 bits per heavy atom. The van der Waals surface area contributed by atoms with Gasteiger partial charge in [-0.2, -0.15) is 0 Å². The first kappa shape index (κ1) is 33.9. The van der Waals surface area contributed by atoms with E-state index < -0.39 is 0 Å². The Kier molecular flexibility index (Phi) is 11.2. The van der Waals surface area contributed by atoms with Crippen LogP contribution in [0.1, 0.15) is 133 Å². The van der Waals surface area contributed by atoms with Crippen LogP contribution in [0, 0.1) is 52.3 Å². The van der Waals surface area contributed by atoms with E-state index in [1.165, 1.54) is 57.8 Å². The molecule has 0 bridgehead atoms. The zero-order valence-electron chi connectivity index (χ0n) is 29.3. The summed E-state index contributed by atoms with van der Waals surface area (Å²) in [5, 5.41) is 3.08. The number of amides is 1. The minimum absolute atomic E-state index is 0.0343. The molecule has 3 fully saturated rings. The normalized spacial score (nSPS) is 36.0. The van der Waals surface area contributed by atoms with Gasteiger partial charge >= 0.3 is 6.09 Å².